The van der Waals surface area contributed by atoms with E-state index in [1.165, 1.54) is 11.1 Å². The van der Waals surface area contributed by atoms with Crippen molar-refractivity contribution >= 4 is 0 Å². The van der Waals surface area contributed by atoms with Crippen molar-refractivity contribution in [1.82, 2.24) is 0 Å². The maximum atomic E-state index is 5.41. The Morgan fingerprint density at radius 3 is 3.08 bits per heavy atom. The van der Waals surface area contributed by atoms with Crippen molar-refractivity contribution < 1.29 is 9.47 Å². The number of benzene rings is 1. The van der Waals surface area contributed by atoms with Gasteiger partial charge in [-0.25, -0.2) is 0 Å². The zero-order valence-electron chi connectivity index (χ0n) is 6.75. The Bertz CT molecular complexity index is 316. The molecule has 1 saturated heterocycles. The Labute approximate surface area is 71.1 Å². The summed E-state index contributed by atoms with van der Waals surface area (Å²) < 4.78 is 10.6. The van der Waals surface area contributed by atoms with Crippen LogP contribution in [0.5, 0.6) is 5.75 Å². The van der Waals surface area contributed by atoms with Gasteiger partial charge in [-0.2, -0.15) is 0 Å². The second-order valence-corrected chi connectivity index (χ2v) is 3.29. The van der Waals surface area contributed by atoms with Crippen molar-refractivity contribution in [1.29, 1.82) is 0 Å². The molecule has 0 bridgehead atoms. The highest BCUT2D eigenvalue weighted by molar-refractivity contribution is 5.41. The van der Waals surface area contributed by atoms with E-state index < -0.39 is 0 Å². The van der Waals surface area contributed by atoms with E-state index in [1.807, 2.05) is 0 Å². The van der Waals surface area contributed by atoms with Gasteiger partial charge in [-0.15, -0.1) is 0 Å². The third-order valence-corrected chi connectivity index (χ3v) is 2.42. The highest BCUT2D eigenvalue weighted by Crippen LogP contribution is 2.34. The Morgan fingerprint density at radius 2 is 2.25 bits per heavy atom. The van der Waals surface area contributed by atoms with Crippen molar-refractivity contribution in [2.75, 3.05) is 13.2 Å². The van der Waals surface area contributed by atoms with Gasteiger partial charge < -0.3 is 9.47 Å². The lowest BCUT2D eigenvalue weighted by molar-refractivity contribution is 0.356. The molecule has 0 unspecified atom stereocenters. The van der Waals surface area contributed by atoms with E-state index in [0.29, 0.717) is 6.10 Å². The molecule has 1 atom stereocenters. The number of rotatable bonds is 1. The fourth-order valence-electron chi connectivity index (χ4n) is 1.65. The van der Waals surface area contributed by atoms with Crippen LogP contribution >= 0.6 is 0 Å². The summed E-state index contributed by atoms with van der Waals surface area (Å²) in [4.78, 5) is 0. The van der Waals surface area contributed by atoms with Gasteiger partial charge in [0, 0.05) is 6.42 Å². The summed E-state index contributed by atoms with van der Waals surface area (Å²) in [5, 5.41) is 0. The minimum Gasteiger partial charge on any atom is -0.493 e. The SMILES string of the molecule is c1cc2c(cc1[C@H]1CO1)CCO2. The summed E-state index contributed by atoms with van der Waals surface area (Å²) in [5.41, 5.74) is 2.64. The van der Waals surface area contributed by atoms with E-state index in [1.54, 1.807) is 0 Å². The average molecular weight is 162 g/mol. The first kappa shape index (κ1) is 6.49. The highest BCUT2D eigenvalue weighted by Gasteiger charge is 2.26. The Morgan fingerprint density at radius 1 is 1.33 bits per heavy atom. The molecule has 2 aliphatic rings. The van der Waals surface area contributed by atoms with Crippen LogP contribution in [0, 0.1) is 0 Å². The molecule has 0 aliphatic carbocycles. The Hall–Kier alpha value is -1.02. The Balaban J connectivity index is 2.03. The monoisotopic (exact) mass is 162 g/mol. The second-order valence-electron chi connectivity index (χ2n) is 3.29. The third kappa shape index (κ3) is 0.916. The van der Waals surface area contributed by atoms with Crippen molar-refractivity contribution in [2.45, 2.75) is 12.5 Å². The fourth-order valence-corrected chi connectivity index (χ4v) is 1.65. The van der Waals surface area contributed by atoms with E-state index in [9.17, 15) is 0 Å². The molecule has 62 valence electrons. The van der Waals surface area contributed by atoms with Crippen molar-refractivity contribution in [2.24, 2.45) is 0 Å². The first-order chi connectivity index (χ1) is 5.93. The zero-order valence-corrected chi connectivity index (χ0v) is 6.75. The first-order valence-electron chi connectivity index (χ1n) is 4.31. The topological polar surface area (TPSA) is 21.8 Å². The highest BCUT2D eigenvalue weighted by atomic mass is 16.6. The van der Waals surface area contributed by atoms with Crippen LogP contribution in [0.4, 0.5) is 0 Å². The molecule has 1 aromatic carbocycles. The lowest BCUT2D eigenvalue weighted by atomic mass is 10.1. The molecule has 2 heterocycles. The zero-order chi connectivity index (χ0) is 7.97. The molecule has 2 aliphatic heterocycles. The predicted octanol–water partition coefficient (Wildman–Crippen LogP) is 1.69. The molecule has 0 saturated carbocycles. The van der Waals surface area contributed by atoms with Crippen LogP contribution in [-0.2, 0) is 11.2 Å². The van der Waals surface area contributed by atoms with E-state index in [-0.39, 0.29) is 0 Å². The molecule has 12 heavy (non-hydrogen) atoms. The lowest BCUT2D eigenvalue weighted by Gasteiger charge is -2.00. The second kappa shape index (κ2) is 2.23. The van der Waals surface area contributed by atoms with E-state index in [0.717, 1.165) is 25.4 Å². The molecule has 2 heteroatoms. The molecule has 1 aromatic rings. The summed E-state index contributed by atoms with van der Waals surface area (Å²) in [6.45, 7) is 1.73. The number of fused-ring (bicyclic) bond motifs is 1. The van der Waals surface area contributed by atoms with E-state index in [4.69, 9.17) is 9.47 Å². The predicted molar refractivity (Wildman–Crippen MR) is 44.3 cm³/mol. The van der Waals surface area contributed by atoms with Gasteiger partial charge >= 0.3 is 0 Å². The number of hydrogen-bond donors (Lipinski definition) is 0. The van der Waals surface area contributed by atoms with Crippen molar-refractivity contribution in [3.8, 4) is 5.75 Å². The summed E-state index contributed by atoms with van der Waals surface area (Å²) in [5.74, 6) is 1.06. The largest absolute Gasteiger partial charge is 0.493 e. The van der Waals surface area contributed by atoms with Gasteiger partial charge in [0.2, 0.25) is 0 Å². The van der Waals surface area contributed by atoms with Crippen LogP contribution in [-0.4, -0.2) is 13.2 Å². The lowest BCUT2D eigenvalue weighted by Crippen LogP contribution is -1.85. The summed E-state index contributed by atoms with van der Waals surface area (Å²) in [7, 11) is 0. The minimum atomic E-state index is 0.371. The van der Waals surface area contributed by atoms with Crippen LogP contribution in [0.2, 0.25) is 0 Å². The quantitative estimate of drug-likeness (QED) is 0.586. The Kier molecular flexibility index (Phi) is 1.21. The van der Waals surface area contributed by atoms with Crippen LogP contribution < -0.4 is 4.74 Å². The van der Waals surface area contributed by atoms with E-state index >= 15 is 0 Å². The normalized spacial score (nSPS) is 24.8. The van der Waals surface area contributed by atoms with Gasteiger partial charge in [0.1, 0.15) is 11.9 Å². The smallest absolute Gasteiger partial charge is 0.122 e. The minimum absolute atomic E-state index is 0.371. The standard InChI is InChI=1S/C10H10O2/c1-2-9-8(3-4-11-9)5-7(1)10-6-12-10/h1-2,5,10H,3-4,6H2/t10-/m1/s1. The average Bonchev–Trinajstić information content (AvgIpc) is 2.84. The molecule has 1 fully saturated rings. The summed E-state index contributed by atoms with van der Waals surface area (Å²) in [6.07, 6.45) is 1.42. The van der Waals surface area contributed by atoms with Crippen LogP contribution in [0.3, 0.4) is 0 Å². The van der Waals surface area contributed by atoms with Gasteiger partial charge in [-0.3, -0.25) is 0 Å². The van der Waals surface area contributed by atoms with Crippen molar-refractivity contribution in [3.05, 3.63) is 29.3 Å². The molecular weight excluding hydrogens is 152 g/mol. The summed E-state index contributed by atoms with van der Waals surface area (Å²) in [6, 6.07) is 6.36. The molecule has 0 aromatic heterocycles. The van der Waals surface area contributed by atoms with Gasteiger partial charge in [0.15, 0.2) is 0 Å². The van der Waals surface area contributed by atoms with Crippen LogP contribution in [0.25, 0.3) is 0 Å². The maximum absolute atomic E-state index is 5.41. The first-order valence-corrected chi connectivity index (χ1v) is 4.31. The third-order valence-electron chi connectivity index (χ3n) is 2.42. The molecule has 3 rings (SSSR count). The van der Waals surface area contributed by atoms with Gasteiger partial charge in [-0.05, 0) is 23.3 Å². The molecule has 0 spiro atoms. The van der Waals surface area contributed by atoms with Gasteiger partial charge in [-0.1, -0.05) is 6.07 Å². The fraction of sp³-hybridized carbons (Fsp3) is 0.400. The molecular formula is C10H10O2. The summed E-state index contributed by atoms with van der Waals surface area (Å²) >= 11 is 0. The van der Waals surface area contributed by atoms with E-state index in [2.05, 4.69) is 18.2 Å². The molecule has 0 N–H and O–H groups in total. The molecule has 0 radical (unpaired) electrons. The van der Waals surface area contributed by atoms with Gasteiger partial charge in [0.25, 0.3) is 0 Å². The van der Waals surface area contributed by atoms with Gasteiger partial charge in [0.05, 0.1) is 13.2 Å². The molecule has 0 amide bonds. The number of hydrogen-bond acceptors (Lipinski definition) is 2. The number of epoxide rings is 1. The molecule has 2 nitrogen and oxygen atoms in total. The maximum Gasteiger partial charge on any atom is 0.122 e. The van der Waals surface area contributed by atoms with Crippen LogP contribution in [0.15, 0.2) is 18.2 Å². The van der Waals surface area contributed by atoms with Crippen molar-refractivity contribution in [3.63, 3.8) is 0 Å². The number of ether oxygens (including phenoxy) is 2. The van der Waals surface area contributed by atoms with Crippen LogP contribution in [0.1, 0.15) is 17.2 Å².